The Kier molecular flexibility index (Phi) is 13.1. The number of carbonyl (C=O) groups excluding carboxylic acids is 1. The van der Waals surface area contributed by atoms with Crippen LogP contribution >= 0.6 is 24.0 Å². The molecule has 2 heterocycles. The lowest BCUT2D eigenvalue weighted by Gasteiger charge is -2.36. The summed E-state index contributed by atoms with van der Waals surface area (Å²) < 4.78 is 0. The molecule has 0 saturated carbocycles. The van der Waals surface area contributed by atoms with Crippen LogP contribution in [0, 0.1) is 0 Å². The van der Waals surface area contributed by atoms with Crippen molar-refractivity contribution in [2.24, 2.45) is 4.99 Å². The summed E-state index contributed by atoms with van der Waals surface area (Å²) in [4.78, 5) is 23.7. The average molecular weight is 524 g/mol. The van der Waals surface area contributed by atoms with E-state index in [4.69, 9.17) is 4.99 Å². The van der Waals surface area contributed by atoms with Crippen molar-refractivity contribution in [1.29, 1.82) is 0 Å². The van der Waals surface area contributed by atoms with E-state index < -0.39 is 0 Å². The van der Waals surface area contributed by atoms with Crippen molar-refractivity contribution in [2.75, 3.05) is 65.4 Å². The van der Waals surface area contributed by atoms with Crippen LogP contribution in [-0.4, -0.2) is 109 Å². The van der Waals surface area contributed by atoms with Crippen LogP contribution in [0.2, 0.25) is 0 Å². The van der Waals surface area contributed by atoms with Crippen molar-refractivity contribution < 1.29 is 9.90 Å². The van der Waals surface area contributed by atoms with Crippen LogP contribution in [0.25, 0.3) is 0 Å². The second-order valence-corrected chi connectivity index (χ2v) is 8.15. The number of hydrogen-bond acceptors (Lipinski definition) is 5. The molecular weight excluding hydrogens is 483 g/mol. The fraction of sp³-hybridized carbons (Fsp3) is 0.900. The van der Waals surface area contributed by atoms with Gasteiger partial charge in [-0.05, 0) is 46.6 Å². The lowest BCUT2D eigenvalue weighted by atomic mass is 10.1. The Labute approximate surface area is 193 Å². The van der Waals surface area contributed by atoms with Crippen LogP contribution < -0.4 is 10.6 Å². The van der Waals surface area contributed by atoms with Crippen molar-refractivity contribution in [3.05, 3.63) is 0 Å². The molecule has 9 heteroatoms. The minimum atomic E-state index is -0.107. The van der Waals surface area contributed by atoms with E-state index in [1.807, 2.05) is 13.8 Å². The molecule has 2 aliphatic rings. The summed E-state index contributed by atoms with van der Waals surface area (Å²) in [6.07, 6.45) is 2.72. The van der Waals surface area contributed by atoms with E-state index in [0.29, 0.717) is 6.54 Å². The van der Waals surface area contributed by atoms with Gasteiger partial charge in [0, 0.05) is 58.4 Å². The van der Waals surface area contributed by atoms with Gasteiger partial charge in [-0.1, -0.05) is 0 Å². The summed E-state index contributed by atoms with van der Waals surface area (Å²) in [5, 5.41) is 16.0. The van der Waals surface area contributed by atoms with Crippen LogP contribution in [0.4, 0.5) is 0 Å². The SMILES string of the molecule is CCNC(=NCCCN1CCC(O)CC1)N1CCN(CC(=O)NC(C)C)CC1.I. The van der Waals surface area contributed by atoms with E-state index in [9.17, 15) is 9.90 Å². The van der Waals surface area contributed by atoms with E-state index in [2.05, 4.69) is 32.3 Å². The number of piperazine rings is 1. The van der Waals surface area contributed by atoms with Crippen LogP contribution in [0.3, 0.4) is 0 Å². The molecule has 1 amide bonds. The quantitative estimate of drug-likeness (QED) is 0.186. The zero-order valence-corrected chi connectivity index (χ0v) is 20.7. The molecule has 2 saturated heterocycles. The van der Waals surface area contributed by atoms with Gasteiger partial charge in [0.15, 0.2) is 5.96 Å². The van der Waals surface area contributed by atoms with Crippen molar-refractivity contribution in [1.82, 2.24) is 25.3 Å². The van der Waals surface area contributed by atoms with Crippen molar-refractivity contribution in [3.63, 3.8) is 0 Å². The minimum absolute atomic E-state index is 0. The molecule has 0 atom stereocenters. The highest BCUT2D eigenvalue weighted by Crippen LogP contribution is 2.10. The third kappa shape index (κ3) is 10.3. The second kappa shape index (κ2) is 14.4. The number of aliphatic hydroxyl groups is 1. The number of halogens is 1. The number of likely N-dealkylation sites (tertiary alicyclic amines) is 1. The summed E-state index contributed by atoms with van der Waals surface area (Å²) >= 11 is 0. The van der Waals surface area contributed by atoms with Gasteiger partial charge in [0.2, 0.25) is 5.91 Å². The first-order valence-electron chi connectivity index (χ1n) is 10.9. The Morgan fingerprint density at radius 1 is 1.10 bits per heavy atom. The summed E-state index contributed by atoms with van der Waals surface area (Å²) in [7, 11) is 0. The molecule has 3 N–H and O–H groups in total. The van der Waals surface area contributed by atoms with Gasteiger partial charge in [0.25, 0.3) is 0 Å². The smallest absolute Gasteiger partial charge is 0.234 e. The highest BCUT2D eigenvalue weighted by atomic mass is 127. The molecule has 2 fully saturated rings. The van der Waals surface area contributed by atoms with Crippen molar-refractivity contribution in [2.45, 2.75) is 52.2 Å². The zero-order chi connectivity index (χ0) is 20.4. The predicted molar refractivity (Wildman–Crippen MR) is 129 cm³/mol. The maximum absolute atomic E-state index is 11.9. The van der Waals surface area contributed by atoms with E-state index in [-0.39, 0.29) is 42.0 Å². The van der Waals surface area contributed by atoms with Crippen LogP contribution in [-0.2, 0) is 4.79 Å². The number of guanidine groups is 1. The first-order chi connectivity index (χ1) is 13.5. The van der Waals surface area contributed by atoms with E-state index in [1.165, 1.54) is 0 Å². The number of aliphatic imine (C=N–C) groups is 1. The molecule has 0 aromatic carbocycles. The average Bonchev–Trinajstić information content (AvgIpc) is 2.66. The number of piperidine rings is 1. The molecule has 0 radical (unpaired) electrons. The Morgan fingerprint density at radius 2 is 1.76 bits per heavy atom. The first kappa shape index (κ1) is 26.4. The molecule has 0 bridgehead atoms. The summed E-state index contributed by atoms with van der Waals surface area (Å²) in [5.41, 5.74) is 0. The maximum atomic E-state index is 11.9. The molecular formula is C20H41IN6O2. The Balaban J connectivity index is 0.00000420. The van der Waals surface area contributed by atoms with Crippen molar-refractivity contribution in [3.8, 4) is 0 Å². The molecule has 0 aromatic rings. The van der Waals surface area contributed by atoms with Gasteiger partial charge in [-0.3, -0.25) is 14.7 Å². The van der Waals surface area contributed by atoms with Gasteiger partial charge in [0.05, 0.1) is 12.6 Å². The standard InChI is InChI=1S/C20H40N6O2.HI/c1-4-21-20(22-8-5-9-24-10-6-18(27)7-11-24)26-14-12-25(13-15-26)16-19(28)23-17(2)3;/h17-18,27H,4-16H2,1-3H3,(H,21,22)(H,23,28);1H. The predicted octanol–water partition coefficient (Wildman–Crippen LogP) is 0.559. The molecule has 0 spiro atoms. The molecule has 0 aliphatic carbocycles. The number of rotatable bonds is 8. The monoisotopic (exact) mass is 524 g/mol. The number of hydrogen-bond donors (Lipinski definition) is 3. The van der Waals surface area contributed by atoms with Gasteiger partial charge >= 0.3 is 0 Å². The Morgan fingerprint density at radius 3 is 2.34 bits per heavy atom. The second-order valence-electron chi connectivity index (χ2n) is 8.15. The Hall–Kier alpha value is -0.650. The van der Waals surface area contributed by atoms with Crippen LogP contribution in [0.15, 0.2) is 4.99 Å². The Bertz CT molecular complexity index is 489. The number of amides is 1. The summed E-state index contributed by atoms with van der Waals surface area (Å²) in [6, 6.07) is 0.191. The van der Waals surface area contributed by atoms with E-state index in [1.54, 1.807) is 0 Å². The fourth-order valence-corrected chi connectivity index (χ4v) is 3.74. The molecule has 2 rings (SSSR count). The lowest BCUT2D eigenvalue weighted by Crippen LogP contribution is -2.54. The largest absolute Gasteiger partial charge is 0.393 e. The normalized spacial score (nSPS) is 19.9. The van der Waals surface area contributed by atoms with Gasteiger partial charge in [-0.2, -0.15) is 0 Å². The van der Waals surface area contributed by atoms with Gasteiger partial charge in [-0.15, -0.1) is 24.0 Å². The number of nitrogens with one attached hydrogen (secondary N) is 2. The van der Waals surface area contributed by atoms with Gasteiger partial charge < -0.3 is 25.5 Å². The van der Waals surface area contributed by atoms with Crippen molar-refractivity contribution >= 4 is 35.8 Å². The molecule has 0 aromatic heterocycles. The number of aliphatic hydroxyl groups excluding tert-OH is 1. The van der Waals surface area contributed by atoms with E-state index in [0.717, 1.165) is 84.1 Å². The lowest BCUT2D eigenvalue weighted by molar-refractivity contribution is -0.123. The van der Waals surface area contributed by atoms with Gasteiger partial charge in [-0.25, -0.2) is 0 Å². The molecule has 29 heavy (non-hydrogen) atoms. The number of nitrogens with zero attached hydrogens (tertiary/aromatic N) is 4. The topological polar surface area (TPSA) is 83.4 Å². The van der Waals surface area contributed by atoms with Gasteiger partial charge in [0.1, 0.15) is 0 Å². The molecule has 170 valence electrons. The fourth-order valence-electron chi connectivity index (χ4n) is 3.74. The minimum Gasteiger partial charge on any atom is -0.393 e. The first-order valence-corrected chi connectivity index (χ1v) is 10.9. The maximum Gasteiger partial charge on any atom is 0.234 e. The third-order valence-corrected chi connectivity index (χ3v) is 5.27. The molecule has 2 aliphatic heterocycles. The summed E-state index contributed by atoms with van der Waals surface area (Å²) in [5.74, 6) is 1.09. The third-order valence-electron chi connectivity index (χ3n) is 5.27. The highest BCUT2D eigenvalue weighted by molar-refractivity contribution is 14.0. The molecule has 8 nitrogen and oxygen atoms in total. The molecule has 0 unspecified atom stereocenters. The zero-order valence-electron chi connectivity index (χ0n) is 18.4. The van der Waals surface area contributed by atoms with Crippen LogP contribution in [0.5, 0.6) is 0 Å². The summed E-state index contributed by atoms with van der Waals surface area (Å²) in [6.45, 7) is 14.8. The number of carbonyl (C=O) groups is 1. The van der Waals surface area contributed by atoms with Crippen LogP contribution in [0.1, 0.15) is 40.0 Å². The van der Waals surface area contributed by atoms with E-state index >= 15 is 0 Å². The highest BCUT2D eigenvalue weighted by Gasteiger charge is 2.21.